The molecule has 178 valence electrons. The fourth-order valence-corrected chi connectivity index (χ4v) is 4.55. The summed E-state index contributed by atoms with van der Waals surface area (Å²) >= 11 is 0. The zero-order valence-corrected chi connectivity index (χ0v) is 20.2. The van der Waals surface area contributed by atoms with Gasteiger partial charge in [0.15, 0.2) is 5.75 Å². The van der Waals surface area contributed by atoms with Crippen molar-refractivity contribution in [1.82, 2.24) is 19.9 Å². The summed E-state index contributed by atoms with van der Waals surface area (Å²) in [6.07, 6.45) is 11.5. The second-order valence-electron chi connectivity index (χ2n) is 9.21. The molecule has 3 aromatic heterocycles. The molecule has 35 heavy (non-hydrogen) atoms. The summed E-state index contributed by atoms with van der Waals surface area (Å²) in [6, 6.07) is 18.6. The molecule has 0 spiro atoms. The SMILES string of the molecule is Cc1nc(CC2CCN(c3ccc(Cc4cccnc4)cn3)CC2)ncc1OCc1ccccc1. The van der Waals surface area contributed by atoms with Crippen LogP contribution < -0.4 is 9.64 Å². The maximum absolute atomic E-state index is 5.93. The van der Waals surface area contributed by atoms with Gasteiger partial charge in [-0.25, -0.2) is 15.0 Å². The minimum atomic E-state index is 0.529. The minimum Gasteiger partial charge on any atom is -0.485 e. The monoisotopic (exact) mass is 465 g/mol. The first-order valence-corrected chi connectivity index (χ1v) is 12.3. The van der Waals surface area contributed by atoms with E-state index in [1.165, 1.54) is 11.1 Å². The molecule has 0 amide bonds. The molecular formula is C29H31N5O. The summed E-state index contributed by atoms with van der Waals surface area (Å²) in [7, 11) is 0. The van der Waals surface area contributed by atoms with Crippen molar-refractivity contribution in [3.63, 3.8) is 0 Å². The average molecular weight is 466 g/mol. The average Bonchev–Trinajstić information content (AvgIpc) is 2.90. The summed E-state index contributed by atoms with van der Waals surface area (Å²) in [5.41, 5.74) is 4.45. The number of rotatable bonds is 8. The zero-order valence-electron chi connectivity index (χ0n) is 20.2. The standard InChI is InChI=1S/C29H31N5O/c1-22-27(35-21-24-6-3-2-4-7-24)20-31-28(33-22)17-23-11-14-34(15-12-23)29-10-9-26(19-32-29)16-25-8-5-13-30-18-25/h2-10,13,18-20,23H,11-12,14-17,21H2,1H3. The van der Waals surface area contributed by atoms with Crippen molar-refractivity contribution in [3.05, 3.63) is 108 Å². The number of hydrogen-bond donors (Lipinski definition) is 0. The molecule has 0 N–H and O–H groups in total. The van der Waals surface area contributed by atoms with Crippen LogP contribution in [0.25, 0.3) is 0 Å². The third kappa shape index (κ3) is 6.21. The lowest BCUT2D eigenvalue weighted by molar-refractivity contribution is 0.300. The highest BCUT2D eigenvalue weighted by molar-refractivity contribution is 5.40. The lowest BCUT2D eigenvalue weighted by atomic mass is 9.93. The van der Waals surface area contributed by atoms with Gasteiger partial charge in [-0.3, -0.25) is 4.98 Å². The zero-order chi connectivity index (χ0) is 23.9. The molecule has 1 fully saturated rings. The molecule has 6 heteroatoms. The van der Waals surface area contributed by atoms with Crippen LogP contribution in [-0.2, 0) is 19.4 Å². The number of ether oxygens (including phenoxy) is 1. The minimum absolute atomic E-state index is 0.529. The number of hydrogen-bond acceptors (Lipinski definition) is 6. The van der Waals surface area contributed by atoms with Crippen molar-refractivity contribution in [3.8, 4) is 5.75 Å². The van der Waals surface area contributed by atoms with Gasteiger partial charge >= 0.3 is 0 Å². The van der Waals surface area contributed by atoms with Gasteiger partial charge in [0.1, 0.15) is 18.2 Å². The number of pyridine rings is 2. The molecule has 1 aliphatic rings. The molecule has 0 atom stereocenters. The third-order valence-electron chi connectivity index (χ3n) is 6.57. The highest BCUT2D eigenvalue weighted by Gasteiger charge is 2.21. The van der Waals surface area contributed by atoms with E-state index in [1.54, 1.807) is 6.20 Å². The maximum Gasteiger partial charge on any atom is 0.159 e. The Morgan fingerprint density at radius 2 is 1.66 bits per heavy atom. The van der Waals surface area contributed by atoms with Crippen LogP contribution in [-0.4, -0.2) is 33.0 Å². The smallest absolute Gasteiger partial charge is 0.159 e. The Morgan fingerprint density at radius 3 is 2.37 bits per heavy atom. The normalized spacial score (nSPS) is 14.1. The molecule has 4 aromatic rings. The quantitative estimate of drug-likeness (QED) is 0.356. The van der Waals surface area contributed by atoms with Crippen LogP contribution in [0, 0.1) is 12.8 Å². The van der Waals surface area contributed by atoms with Crippen LogP contribution in [0.5, 0.6) is 5.75 Å². The first-order chi connectivity index (χ1) is 17.2. The van der Waals surface area contributed by atoms with E-state index in [0.717, 1.165) is 67.4 Å². The Bertz CT molecular complexity index is 1210. The van der Waals surface area contributed by atoms with E-state index in [2.05, 4.69) is 45.2 Å². The molecule has 4 heterocycles. The third-order valence-corrected chi connectivity index (χ3v) is 6.57. The highest BCUT2D eigenvalue weighted by Crippen LogP contribution is 2.25. The van der Waals surface area contributed by atoms with Crippen LogP contribution in [0.4, 0.5) is 5.82 Å². The van der Waals surface area contributed by atoms with Gasteiger partial charge in [-0.1, -0.05) is 42.5 Å². The van der Waals surface area contributed by atoms with Gasteiger partial charge in [-0.15, -0.1) is 0 Å². The lowest BCUT2D eigenvalue weighted by Gasteiger charge is -2.32. The number of anilines is 1. The van der Waals surface area contributed by atoms with Crippen molar-refractivity contribution < 1.29 is 4.74 Å². The summed E-state index contributed by atoms with van der Waals surface area (Å²) in [6.45, 7) is 4.55. The molecule has 0 unspecified atom stereocenters. The van der Waals surface area contributed by atoms with E-state index in [9.17, 15) is 0 Å². The number of aromatic nitrogens is 4. The fourth-order valence-electron chi connectivity index (χ4n) is 4.55. The van der Waals surface area contributed by atoms with Crippen molar-refractivity contribution in [2.75, 3.05) is 18.0 Å². The second kappa shape index (κ2) is 11.1. The van der Waals surface area contributed by atoms with Gasteiger partial charge in [0.2, 0.25) is 0 Å². The number of nitrogens with zero attached hydrogens (tertiary/aromatic N) is 5. The Balaban J connectivity index is 1.11. The van der Waals surface area contributed by atoms with Gasteiger partial charge in [0.25, 0.3) is 0 Å². The molecule has 5 rings (SSSR count). The van der Waals surface area contributed by atoms with E-state index in [-0.39, 0.29) is 0 Å². The van der Waals surface area contributed by atoms with Gasteiger partial charge in [-0.2, -0.15) is 0 Å². The largest absolute Gasteiger partial charge is 0.485 e. The van der Waals surface area contributed by atoms with Crippen molar-refractivity contribution >= 4 is 5.82 Å². The Labute approximate surface area is 207 Å². The van der Waals surface area contributed by atoms with E-state index < -0.39 is 0 Å². The first kappa shape index (κ1) is 23.0. The van der Waals surface area contributed by atoms with Gasteiger partial charge in [0, 0.05) is 44.5 Å². The molecule has 0 bridgehead atoms. The van der Waals surface area contributed by atoms with Crippen LogP contribution in [0.15, 0.2) is 79.4 Å². The van der Waals surface area contributed by atoms with Gasteiger partial charge in [0.05, 0.1) is 11.9 Å². The Morgan fingerprint density at radius 1 is 0.857 bits per heavy atom. The molecule has 0 aliphatic carbocycles. The predicted octanol–water partition coefficient (Wildman–Crippen LogP) is 5.20. The molecule has 1 aromatic carbocycles. The Kier molecular flexibility index (Phi) is 7.27. The molecule has 1 saturated heterocycles. The maximum atomic E-state index is 5.93. The predicted molar refractivity (Wildman–Crippen MR) is 137 cm³/mol. The number of piperidine rings is 1. The Hall–Kier alpha value is -3.80. The molecule has 6 nitrogen and oxygen atoms in total. The lowest BCUT2D eigenvalue weighted by Crippen LogP contribution is -2.35. The summed E-state index contributed by atoms with van der Waals surface area (Å²) in [5, 5.41) is 0. The van der Waals surface area contributed by atoms with Gasteiger partial charge in [-0.05, 0) is 54.5 Å². The topological polar surface area (TPSA) is 64.0 Å². The van der Waals surface area contributed by atoms with Crippen molar-refractivity contribution in [1.29, 1.82) is 0 Å². The van der Waals surface area contributed by atoms with Gasteiger partial charge < -0.3 is 9.64 Å². The van der Waals surface area contributed by atoms with Crippen LogP contribution in [0.1, 0.15) is 41.1 Å². The molecular weight excluding hydrogens is 434 g/mol. The fraction of sp³-hybridized carbons (Fsp3) is 0.310. The second-order valence-corrected chi connectivity index (χ2v) is 9.21. The first-order valence-electron chi connectivity index (χ1n) is 12.3. The molecule has 0 saturated carbocycles. The van der Waals surface area contributed by atoms with Crippen LogP contribution in [0.3, 0.4) is 0 Å². The van der Waals surface area contributed by atoms with Crippen LogP contribution in [0.2, 0.25) is 0 Å². The van der Waals surface area contributed by atoms with E-state index >= 15 is 0 Å². The highest BCUT2D eigenvalue weighted by atomic mass is 16.5. The molecule has 1 aliphatic heterocycles. The van der Waals surface area contributed by atoms with Crippen LogP contribution >= 0.6 is 0 Å². The number of aryl methyl sites for hydroxylation is 1. The summed E-state index contributed by atoms with van der Waals surface area (Å²) in [4.78, 5) is 20.6. The van der Waals surface area contributed by atoms with Crippen molar-refractivity contribution in [2.24, 2.45) is 5.92 Å². The van der Waals surface area contributed by atoms with E-state index in [0.29, 0.717) is 12.5 Å². The van der Waals surface area contributed by atoms with E-state index in [4.69, 9.17) is 14.7 Å². The van der Waals surface area contributed by atoms with Crippen molar-refractivity contribution in [2.45, 2.75) is 39.2 Å². The molecule has 0 radical (unpaired) electrons. The van der Waals surface area contributed by atoms with E-state index in [1.807, 2.05) is 49.8 Å². The summed E-state index contributed by atoms with van der Waals surface area (Å²) < 4.78 is 5.93. The number of benzene rings is 1. The summed E-state index contributed by atoms with van der Waals surface area (Å²) in [5.74, 6) is 3.31.